The molecule has 1 aromatic carbocycles. The number of ether oxygens (including phenoxy) is 1. The zero-order valence-corrected chi connectivity index (χ0v) is 15.2. The zero-order chi connectivity index (χ0) is 17.9. The number of nitrogens with one attached hydrogen (secondary N) is 1. The van der Waals surface area contributed by atoms with Gasteiger partial charge in [0.2, 0.25) is 11.8 Å². The molecule has 1 fully saturated rings. The molecule has 1 aliphatic heterocycles. The molecule has 1 aromatic rings. The van der Waals surface area contributed by atoms with Crippen LogP contribution >= 0.6 is 0 Å². The van der Waals surface area contributed by atoms with E-state index in [0.29, 0.717) is 26.3 Å². The van der Waals surface area contributed by atoms with Crippen LogP contribution in [0.3, 0.4) is 0 Å². The van der Waals surface area contributed by atoms with Crippen molar-refractivity contribution in [2.24, 2.45) is 0 Å². The first-order valence-corrected chi connectivity index (χ1v) is 9.22. The molecule has 0 spiro atoms. The van der Waals surface area contributed by atoms with Crippen molar-refractivity contribution < 1.29 is 14.3 Å². The Hall–Kier alpha value is -1.88. The number of fused-ring (bicyclic) bond motifs is 1. The first-order chi connectivity index (χ1) is 12.0. The molecular formula is C20H28N2O3. The molecule has 0 saturated carbocycles. The molecule has 0 aromatic heterocycles. The predicted molar refractivity (Wildman–Crippen MR) is 96.2 cm³/mol. The number of carbonyl (C=O) groups excluding carboxylic acids is 2. The summed E-state index contributed by atoms with van der Waals surface area (Å²) in [6.45, 7) is 6.95. The van der Waals surface area contributed by atoms with Gasteiger partial charge in [0.05, 0.1) is 19.3 Å². The van der Waals surface area contributed by atoms with Gasteiger partial charge in [-0.2, -0.15) is 0 Å². The van der Waals surface area contributed by atoms with E-state index in [1.807, 2.05) is 6.07 Å². The number of amides is 2. The van der Waals surface area contributed by atoms with Crippen LogP contribution in [0.25, 0.3) is 0 Å². The van der Waals surface area contributed by atoms with Gasteiger partial charge in [0.25, 0.3) is 0 Å². The fourth-order valence-corrected chi connectivity index (χ4v) is 3.82. The second kappa shape index (κ2) is 7.56. The highest BCUT2D eigenvalue weighted by molar-refractivity contribution is 5.84. The fraction of sp³-hybridized carbons (Fsp3) is 0.600. The Balaban J connectivity index is 1.55. The fourth-order valence-electron chi connectivity index (χ4n) is 3.82. The number of hydrogen-bond donors (Lipinski definition) is 1. The quantitative estimate of drug-likeness (QED) is 0.913. The van der Waals surface area contributed by atoms with Crippen molar-refractivity contribution in [3.63, 3.8) is 0 Å². The van der Waals surface area contributed by atoms with Crippen LogP contribution in [0.1, 0.15) is 56.7 Å². The normalized spacial score (nSPS) is 22.2. The Kier molecular flexibility index (Phi) is 5.42. The van der Waals surface area contributed by atoms with E-state index in [4.69, 9.17) is 4.74 Å². The molecule has 1 saturated heterocycles. The zero-order valence-electron chi connectivity index (χ0n) is 15.2. The molecule has 25 heavy (non-hydrogen) atoms. The van der Waals surface area contributed by atoms with E-state index in [-0.39, 0.29) is 36.1 Å². The van der Waals surface area contributed by atoms with Gasteiger partial charge in [-0.05, 0) is 29.4 Å². The van der Waals surface area contributed by atoms with Gasteiger partial charge in [-0.15, -0.1) is 0 Å². The maximum atomic E-state index is 12.4. The number of benzene rings is 1. The maximum absolute atomic E-state index is 12.4. The van der Waals surface area contributed by atoms with E-state index in [1.165, 1.54) is 11.1 Å². The van der Waals surface area contributed by atoms with Crippen LogP contribution in [0.4, 0.5) is 0 Å². The van der Waals surface area contributed by atoms with Crippen LogP contribution in [0.2, 0.25) is 0 Å². The lowest BCUT2D eigenvalue weighted by Crippen LogP contribution is -2.41. The summed E-state index contributed by atoms with van der Waals surface area (Å²) in [5.41, 5.74) is 2.67. The van der Waals surface area contributed by atoms with Gasteiger partial charge in [0.15, 0.2) is 0 Å². The third kappa shape index (κ3) is 4.21. The second-order valence-electron chi connectivity index (χ2n) is 7.62. The van der Waals surface area contributed by atoms with E-state index in [2.05, 4.69) is 37.4 Å². The minimum atomic E-state index is -0.0406. The standard InChI is InChI=1S/C20H28N2O3/c1-20(2)10-9-17(15-5-3-4-6-16(15)20)21-18(23)7-8-19(24)22-11-13-25-14-12-22/h3-6,17H,7-14H2,1-2H3,(H,21,23). The Bertz CT molecular complexity index is 636. The summed E-state index contributed by atoms with van der Waals surface area (Å²) in [6.07, 6.45) is 2.50. The van der Waals surface area contributed by atoms with Crippen LogP contribution in [0, 0.1) is 0 Å². The SMILES string of the molecule is CC1(C)CCC(NC(=O)CCC(=O)N2CCOCC2)c2ccccc21. The monoisotopic (exact) mass is 344 g/mol. The average Bonchev–Trinajstić information content (AvgIpc) is 2.63. The van der Waals surface area contributed by atoms with E-state index in [1.54, 1.807) is 4.90 Å². The van der Waals surface area contributed by atoms with Crippen molar-refractivity contribution in [3.05, 3.63) is 35.4 Å². The number of hydrogen-bond acceptors (Lipinski definition) is 3. The Morgan fingerprint density at radius 2 is 1.92 bits per heavy atom. The molecule has 1 N–H and O–H groups in total. The highest BCUT2D eigenvalue weighted by atomic mass is 16.5. The first-order valence-electron chi connectivity index (χ1n) is 9.22. The molecule has 2 amide bonds. The summed E-state index contributed by atoms with van der Waals surface area (Å²) in [5.74, 6) is 0.00439. The smallest absolute Gasteiger partial charge is 0.223 e. The van der Waals surface area contributed by atoms with Gasteiger partial charge in [-0.1, -0.05) is 38.1 Å². The van der Waals surface area contributed by atoms with Crippen molar-refractivity contribution in [1.29, 1.82) is 0 Å². The van der Waals surface area contributed by atoms with Gasteiger partial charge in [-0.3, -0.25) is 9.59 Å². The molecule has 1 aliphatic carbocycles. The van der Waals surface area contributed by atoms with E-state index >= 15 is 0 Å². The molecule has 136 valence electrons. The van der Waals surface area contributed by atoms with Crippen LogP contribution in [-0.2, 0) is 19.7 Å². The molecule has 2 aliphatic rings. The highest BCUT2D eigenvalue weighted by Gasteiger charge is 2.32. The van der Waals surface area contributed by atoms with E-state index < -0.39 is 0 Å². The number of carbonyl (C=O) groups is 2. The Labute approximate surface area is 149 Å². The molecule has 5 heteroatoms. The van der Waals surface area contributed by atoms with Gasteiger partial charge < -0.3 is 15.0 Å². The largest absolute Gasteiger partial charge is 0.378 e. The van der Waals surface area contributed by atoms with Crippen molar-refractivity contribution in [3.8, 4) is 0 Å². The van der Waals surface area contributed by atoms with Crippen molar-refractivity contribution in [2.45, 2.75) is 51.0 Å². The third-order valence-corrected chi connectivity index (χ3v) is 5.39. The maximum Gasteiger partial charge on any atom is 0.223 e. The summed E-state index contributed by atoms with van der Waals surface area (Å²) in [4.78, 5) is 26.3. The van der Waals surface area contributed by atoms with Gasteiger partial charge in [0, 0.05) is 25.9 Å². The molecule has 5 nitrogen and oxygen atoms in total. The molecule has 1 unspecified atom stereocenters. The lowest BCUT2D eigenvalue weighted by atomic mass is 9.71. The Morgan fingerprint density at radius 3 is 2.68 bits per heavy atom. The Morgan fingerprint density at radius 1 is 1.20 bits per heavy atom. The second-order valence-corrected chi connectivity index (χ2v) is 7.62. The van der Waals surface area contributed by atoms with Crippen LogP contribution in [0.15, 0.2) is 24.3 Å². The topological polar surface area (TPSA) is 58.6 Å². The average molecular weight is 344 g/mol. The van der Waals surface area contributed by atoms with Crippen molar-refractivity contribution in [2.75, 3.05) is 26.3 Å². The minimum absolute atomic E-state index is 0.0406. The van der Waals surface area contributed by atoms with Crippen molar-refractivity contribution >= 4 is 11.8 Å². The van der Waals surface area contributed by atoms with Gasteiger partial charge >= 0.3 is 0 Å². The molecule has 1 heterocycles. The summed E-state index contributed by atoms with van der Waals surface area (Å²) in [7, 11) is 0. The van der Waals surface area contributed by atoms with Crippen LogP contribution in [0.5, 0.6) is 0 Å². The lowest BCUT2D eigenvalue weighted by Gasteiger charge is -2.37. The van der Waals surface area contributed by atoms with Gasteiger partial charge in [-0.25, -0.2) is 0 Å². The molecule has 0 bridgehead atoms. The molecule has 0 radical (unpaired) electrons. The summed E-state index contributed by atoms with van der Waals surface area (Å²) >= 11 is 0. The van der Waals surface area contributed by atoms with E-state index in [0.717, 1.165) is 12.8 Å². The number of rotatable bonds is 4. The summed E-state index contributed by atoms with van der Waals surface area (Å²) in [5, 5.41) is 3.14. The predicted octanol–water partition coefficient (Wildman–Crippen LogP) is 2.55. The molecular weight excluding hydrogens is 316 g/mol. The summed E-state index contributed by atoms with van der Waals surface area (Å²) in [6, 6.07) is 8.42. The first kappa shape index (κ1) is 17.9. The van der Waals surface area contributed by atoms with Crippen LogP contribution in [-0.4, -0.2) is 43.0 Å². The third-order valence-electron chi connectivity index (χ3n) is 5.39. The van der Waals surface area contributed by atoms with E-state index in [9.17, 15) is 9.59 Å². The highest BCUT2D eigenvalue weighted by Crippen LogP contribution is 2.41. The minimum Gasteiger partial charge on any atom is -0.378 e. The molecule has 1 atom stereocenters. The molecule has 3 rings (SSSR count). The number of nitrogens with zero attached hydrogens (tertiary/aromatic N) is 1. The van der Waals surface area contributed by atoms with Crippen molar-refractivity contribution in [1.82, 2.24) is 10.2 Å². The van der Waals surface area contributed by atoms with Gasteiger partial charge in [0.1, 0.15) is 0 Å². The van der Waals surface area contributed by atoms with Crippen LogP contribution < -0.4 is 5.32 Å². The lowest BCUT2D eigenvalue weighted by molar-refractivity contribution is -0.137. The summed E-state index contributed by atoms with van der Waals surface area (Å²) < 4.78 is 5.25. The number of morpholine rings is 1.